The minimum absolute atomic E-state index is 0.0687. The SMILES string of the molecule is C#Cc1ccc([C@@H](C(=O)O)C(C)C)cc1. The molecule has 0 aliphatic heterocycles. The molecule has 0 saturated carbocycles. The smallest absolute Gasteiger partial charge is 0.311 e. The molecular weight excluding hydrogens is 188 g/mol. The van der Waals surface area contributed by atoms with Gasteiger partial charge < -0.3 is 5.11 Å². The number of benzene rings is 1. The van der Waals surface area contributed by atoms with Gasteiger partial charge in [-0.3, -0.25) is 4.79 Å². The molecule has 2 nitrogen and oxygen atoms in total. The van der Waals surface area contributed by atoms with Crippen molar-refractivity contribution in [3.05, 3.63) is 35.4 Å². The topological polar surface area (TPSA) is 37.3 Å². The van der Waals surface area contributed by atoms with E-state index in [9.17, 15) is 4.79 Å². The zero-order valence-corrected chi connectivity index (χ0v) is 8.90. The van der Waals surface area contributed by atoms with Gasteiger partial charge in [0.2, 0.25) is 0 Å². The molecule has 2 heteroatoms. The Morgan fingerprint density at radius 1 is 1.33 bits per heavy atom. The Balaban J connectivity index is 3.03. The largest absolute Gasteiger partial charge is 0.481 e. The van der Waals surface area contributed by atoms with Crippen LogP contribution in [0.25, 0.3) is 0 Å². The molecule has 0 bridgehead atoms. The molecule has 78 valence electrons. The van der Waals surface area contributed by atoms with Crippen LogP contribution in [0, 0.1) is 18.3 Å². The fourth-order valence-corrected chi connectivity index (χ4v) is 1.60. The summed E-state index contributed by atoms with van der Waals surface area (Å²) in [6.07, 6.45) is 5.23. The predicted molar refractivity (Wildman–Crippen MR) is 59.6 cm³/mol. The molecule has 1 N–H and O–H groups in total. The Morgan fingerprint density at radius 2 is 1.87 bits per heavy atom. The number of carbonyl (C=O) groups is 1. The van der Waals surface area contributed by atoms with Crippen molar-refractivity contribution in [3.8, 4) is 12.3 Å². The summed E-state index contributed by atoms with van der Waals surface area (Å²) < 4.78 is 0. The zero-order chi connectivity index (χ0) is 11.4. The summed E-state index contributed by atoms with van der Waals surface area (Å²) in [5, 5.41) is 9.08. The molecule has 0 aromatic heterocycles. The summed E-state index contributed by atoms with van der Waals surface area (Å²) in [4.78, 5) is 11.1. The standard InChI is InChI=1S/C13H14O2/c1-4-10-5-7-11(8-6-10)12(9(2)3)13(14)15/h1,5-9,12H,2-3H3,(H,14,15)/t12-/m0/s1. The van der Waals surface area contributed by atoms with Crippen LogP contribution < -0.4 is 0 Å². The van der Waals surface area contributed by atoms with Gasteiger partial charge in [0, 0.05) is 5.56 Å². The lowest BCUT2D eigenvalue weighted by molar-refractivity contribution is -0.139. The summed E-state index contributed by atoms with van der Waals surface area (Å²) in [6, 6.07) is 7.11. The van der Waals surface area contributed by atoms with E-state index in [1.165, 1.54) is 0 Å². The maximum Gasteiger partial charge on any atom is 0.311 e. The fourth-order valence-electron chi connectivity index (χ4n) is 1.60. The number of carboxylic acid groups (broad SMARTS) is 1. The first kappa shape index (κ1) is 11.3. The van der Waals surface area contributed by atoms with E-state index in [2.05, 4.69) is 5.92 Å². The van der Waals surface area contributed by atoms with Crippen molar-refractivity contribution >= 4 is 5.97 Å². The van der Waals surface area contributed by atoms with E-state index in [1.807, 2.05) is 13.8 Å². The first-order valence-corrected chi connectivity index (χ1v) is 4.85. The highest BCUT2D eigenvalue weighted by molar-refractivity contribution is 5.76. The second-order valence-electron chi connectivity index (χ2n) is 3.83. The van der Waals surface area contributed by atoms with Crippen molar-refractivity contribution < 1.29 is 9.90 Å². The van der Waals surface area contributed by atoms with Gasteiger partial charge in [-0.25, -0.2) is 0 Å². The third-order valence-corrected chi connectivity index (χ3v) is 2.37. The van der Waals surface area contributed by atoms with Crippen LogP contribution in [0.2, 0.25) is 0 Å². The molecule has 1 aromatic rings. The van der Waals surface area contributed by atoms with Crippen LogP contribution in [-0.4, -0.2) is 11.1 Å². The number of carboxylic acids is 1. The van der Waals surface area contributed by atoms with Crippen LogP contribution in [0.5, 0.6) is 0 Å². The molecule has 0 spiro atoms. The van der Waals surface area contributed by atoms with E-state index < -0.39 is 11.9 Å². The van der Waals surface area contributed by atoms with Crippen LogP contribution in [0.3, 0.4) is 0 Å². The van der Waals surface area contributed by atoms with Crippen LogP contribution >= 0.6 is 0 Å². The molecule has 0 amide bonds. The molecule has 0 saturated heterocycles. The number of terminal acetylenes is 1. The van der Waals surface area contributed by atoms with Gasteiger partial charge in [0.1, 0.15) is 0 Å². The molecule has 0 unspecified atom stereocenters. The van der Waals surface area contributed by atoms with Gasteiger partial charge in [0.15, 0.2) is 0 Å². The molecule has 0 fully saturated rings. The quantitative estimate of drug-likeness (QED) is 0.764. The molecule has 1 atom stereocenters. The highest BCUT2D eigenvalue weighted by Crippen LogP contribution is 2.24. The summed E-state index contributed by atoms with van der Waals surface area (Å²) in [7, 11) is 0. The average Bonchev–Trinajstić information content (AvgIpc) is 2.18. The van der Waals surface area contributed by atoms with E-state index in [1.54, 1.807) is 24.3 Å². The van der Waals surface area contributed by atoms with E-state index >= 15 is 0 Å². The van der Waals surface area contributed by atoms with E-state index in [0.29, 0.717) is 0 Å². The molecular formula is C13H14O2. The van der Waals surface area contributed by atoms with E-state index in [0.717, 1.165) is 11.1 Å². The summed E-state index contributed by atoms with van der Waals surface area (Å²) >= 11 is 0. The van der Waals surface area contributed by atoms with Gasteiger partial charge >= 0.3 is 5.97 Å². The normalized spacial score (nSPS) is 12.1. The highest BCUT2D eigenvalue weighted by Gasteiger charge is 2.22. The lowest BCUT2D eigenvalue weighted by Gasteiger charge is -2.16. The second-order valence-corrected chi connectivity index (χ2v) is 3.83. The molecule has 0 radical (unpaired) electrons. The highest BCUT2D eigenvalue weighted by atomic mass is 16.4. The van der Waals surface area contributed by atoms with Gasteiger partial charge in [-0.15, -0.1) is 6.42 Å². The third kappa shape index (κ3) is 2.60. The molecule has 0 heterocycles. The monoisotopic (exact) mass is 202 g/mol. The number of hydrogen-bond acceptors (Lipinski definition) is 1. The van der Waals surface area contributed by atoms with Gasteiger partial charge in [0.05, 0.1) is 5.92 Å². The third-order valence-electron chi connectivity index (χ3n) is 2.37. The van der Waals surface area contributed by atoms with Crippen LogP contribution in [0.15, 0.2) is 24.3 Å². The minimum atomic E-state index is -0.793. The Kier molecular flexibility index (Phi) is 3.51. The summed E-state index contributed by atoms with van der Waals surface area (Å²) in [6.45, 7) is 3.79. The number of hydrogen-bond donors (Lipinski definition) is 1. The van der Waals surface area contributed by atoms with Gasteiger partial charge in [-0.1, -0.05) is 31.9 Å². The summed E-state index contributed by atoms with van der Waals surface area (Å²) in [5.74, 6) is 1.32. The minimum Gasteiger partial charge on any atom is -0.481 e. The molecule has 1 aromatic carbocycles. The maximum absolute atomic E-state index is 11.1. The second kappa shape index (κ2) is 4.65. The van der Waals surface area contributed by atoms with Crippen LogP contribution in [0.1, 0.15) is 30.9 Å². The van der Waals surface area contributed by atoms with Crippen LogP contribution in [-0.2, 0) is 4.79 Å². The van der Waals surface area contributed by atoms with Crippen molar-refractivity contribution in [1.29, 1.82) is 0 Å². The first-order valence-electron chi connectivity index (χ1n) is 4.85. The first-order chi connectivity index (χ1) is 7.06. The van der Waals surface area contributed by atoms with Crippen molar-refractivity contribution in [2.75, 3.05) is 0 Å². The summed E-state index contributed by atoms with van der Waals surface area (Å²) in [5.41, 5.74) is 1.57. The van der Waals surface area contributed by atoms with Gasteiger partial charge in [0.25, 0.3) is 0 Å². The van der Waals surface area contributed by atoms with Crippen LogP contribution in [0.4, 0.5) is 0 Å². The van der Waals surface area contributed by atoms with Crippen molar-refractivity contribution in [2.45, 2.75) is 19.8 Å². The molecule has 0 aliphatic rings. The Bertz CT molecular complexity index is 382. The van der Waals surface area contributed by atoms with Crippen molar-refractivity contribution in [1.82, 2.24) is 0 Å². The zero-order valence-electron chi connectivity index (χ0n) is 8.90. The Morgan fingerprint density at radius 3 is 2.20 bits per heavy atom. The van der Waals surface area contributed by atoms with Crippen molar-refractivity contribution in [3.63, 3.8) is 0 Å². The lowest BCUT2D eigenvalue weighted by atomic mass is 9.88. The number of rotatable bonds is 3. The molecule has 1 rings (SSSR count). The number of aliphatic carboxylic acids is 1. The maximum atomic E-state index is 11.1. The lowest BCUT2D eigenvalue weighted by Crippen LogP contribution is -2.17. The molecule has 0 aliphatic carbocycles. The van der Waals surface area contributed by atoms with Crippen molar-refractivity contribution in [2.24, 2.45) is 5.92 Å². The van der Waals surface area contributed by atoms with Gasteiger partial charge in [-0.05, 0) is 23.6 Å². The van der Waals surface area contributed by atoms with Gasteiger partial charge in [-0.2, -0.15) is 0 Å². The average molecular weight is 202 g/mol. The van der Waals surface area contributed by atoms with E-state index in [4.69, 9.17) is 11.5 Å². The Hall–Kier alpha value is -1.75. The van der Waals surface area contributed by atoms with E-state index in [-0.39, 0.29) is 5.92 Å². The Labute approximate surface area is 89.9 Å². The fraction of sp³-hybridized carbons (Fsp3) is 0.308. The predicted octanol–water partition coefficient (Wildman–Crippen LogP) is 2.49. The molecule has 15 heavy (non-hydrogen) atoms.